The van der Waals surface area contributed by atoms with Gasteiger partial charge in [-0.2, -0.15) is 8.78 Å². The van der Waals surface area contributed by atoms with Gasteiger partial charge in [-0.05, 0) is 43.3 Å². The molecule has 0 fully saturated rings. The van der Waals surface area contributed by atoms with Gasteiger partial charge in [-0.25, -0.2) is 4.79 Å². The summed E-state index contributed by atoms with van der Waals surface area (Å²) in [5.41, 5.74) is 0.687. The molecule has 5 nitrogen and oxygen atoms in total. The van der Waals surface area contributed by atoms with Gasteiger partial charge in [0.15, 0.2) is 6.61 Å². The first kappa shape index (κ1) is 19.7. The second-order valence-corrected chi connectivity index (χ2v) is 6.02. The van der Waals surface area contributed by atoms with Gasteiger partial charge in [-0.1, -0.05) is 23.9 Å². The molecule has 138 valence electrons. The van der Waals surface area contributed by atoms with Crippen molar-refractivity contribution < 1.29 is 27.8 Å². The van der Waals surface area contributed by atoms with Gasteiger partial charge in [-0.15, -0.1) is 0 Å². The molecule has 0 saturated heterocycles. The Bertz CT molecular complexity index is 753. The predicted octanol–water partition coefficient (Wildman–Crippen LogP) is 4.20. The van der Waals surface area contributed by atoms with Crippen molar-refractivity contribution in [2.75, 3.05) is 18.5 Å². The van der Waals surface area contributed by atoms with E-state index in [1.165, 1.54) is 24.3 Å². The largest absolute Gasteiger partial charge is 0.483 e. The Morgan fingerprint density at radius 3 is 2.46 bits per heavy atom. The van der Waals surface area contributed by atoms with Gasteiger partial charge >= 0.3 is 5.97 Å². The Labute approximate surface area is 153 Å². The first-order valence-electron chi connectivity index (χ1n) is 7.73. The van der Waals surface area contributed by atoms with Crippen LogP contribution in [0, 0.1) is 0 Å². The topological polar surface area (TPSA) is 64.6 Å². The molecule has 8 heteroatoms. The molecule has 0 aliphatic heterocycles. The van der Waals surface area contributed by atoms with E-state index in [1.54, 1.807) is 31.2 Å². The Morgan fingerprint density at radius 2 is 1.81 bits per heavy atom. The molecule has 2 aromatic carbocycles. The molecule has 0 spiro atoms. The lowest BCUT2D eigenvalue weighted by molar-refractivity contribution is -0.118. The number of esters is 1. The van der Waals surface area contributed by atoms with Gasteiger partial charge in [0, 0.05) is 10.6 Å². The van der Waals surface area contributed by atoms with E-state index in [1.807, 2.05) is 0 Å². The summed E-state index contributed by atoms with van der Waals surface area (Å²) in [6.07, 6.45) is 0. The molecule has 0 bridgehead atoms. The fraction of sp³-hybridized carbons (Fsp3) is 0.222. The van der Waals surface area contributed by atoms with Crippen LogP contribution < -0.4 is 10.1 Å². The number of ether oxygens (including phenoxy) is 2. The van der Waals surface area contributed by atoms with Gasteiger partial charge in [0.05, 0.1) is 6.61 Å². The highest BCUT2D eigenvalue weighted by Gasteiger charge is 2.14. The number of carbonyl (C=O) groups excluding carboxylic acids is 2. The number of anilines is 1. The minimum absolute atomic E-state index is 0.230. The molecule has 0 unspecified atom stereocenters. The van der Waals surface area contributed by atoms with E-state index in [-0.39, 0.29) is 24.5 Å². The number of alkyl halides is 2. The molecule has 0 aliphatic rings. The van der Waals surface area contributed by atoms with Crippen LogP contribution in [0.1, 0.15) is 17.3 Å². The minimum atomic E-state index is -2.50. The van der Waals surface area contributed by atoms with Crippen LogP contribution in [0.25, 0.3) is 0 Å². The van der Waals surface area contributed by atoms with E-state index in [0.717, 1.165) is 0 Å². The maximum Gasteiger partial charge on any atom is 0.341 e. The van der Waals surface area contributed by atoms with Crippen LogP contribution in [0.5, 0.6) is 5.75 Å². The van der Waals surface area contributed by atoms with Gasteiger partial charge in [-0.3, -0.25) is 4.79 Å². The summed E-state index contributed by atoms with van der Waals surface area (Å²) in [6.45, 7) is 1.61. The van der Waals surface area contributed by atoms with Crippen LogP contribution in [0.4, 0.5) is 14.5 Å². The van der Waals surface area contributed by atoms with Crippen LogP contribution in [-0.4, -0.2) is 30.8 Å². The van der Waals surface area contributed by atoms with Crippen molar-refractivity contribution in [2.24, 2.45) is 0 Å². The molecule has 1 amide bonds. The standard InChI is InChI=1S/C18H17F2NO4S/c1-2-24-17(23)14-5-3-4-6-15(14)25-11-16(22)21-12-7-9-13(10-8-12)26-18(19)20/h3-10,18H,2,11H2,1H3,(H,21,22). The number of nitrogens with one attached hydrogen (secondary N) is 1. The van der Waals surface area contributed by atoms with Crippen molar-refractivity contribution >= 4 is 29.3 Å². The summed E-state index contributed by atoms with van der Waals surface area (Å²) >= 11 is 0.427. The summed E-state index contributed by atoms with van der Waals surface area (Å²) in [5.74, 6) is -3.23. The van der Waals surface area contributed by atoms with Crippen molar-refractivity contribution in [3.63, 3.8) is 0 Å². The van der Waals surface area contributed by atoms with Crippen molar-refractivity contribution in [1.82, 2.24) is 0 Å². The number of halogens is 2. The molecule has 1 N–H and O–H groups in total. The van der Waals surface area contributed by atoms with Gasteiger partial charge in [0.25, 0.3) is 11.7 Å². The molecular formula is C18H17F2NO4S. The first-order valence-corrected chi connectivity index (χ1v) is 8.61. The Kier molecular flexibility index (Phi) is 7.40. The summed E-state index contributed by atoms with van der Waals surface area (Å²) in [6, 6.07) is 12.5. The highest BCUT2D eigenvalue weighted by molar-refractivity contribution is 7.99. The second-order valence-electron chi connectivity index (χ2n) is 4.96. The van der Waals surface area contributed by atoms with E-state index in [4.69, 9.17) is 9.47 Å². The van der Waals surface area contributed by atoms with Crippen LogP contribution in [-0.2, 0) is 9.53 Å². The highest BCUT2D eigenvalue weighted by atomic mass is 32.2. The van der Waals surface area contributed by atoms with E-state index in [9.17, 15) is 18.4 Å². The van der Waals surface area contributed by atoms with Crippen molar-refractivity contribution in [3.8, 4) is 5.75 Å². The average Bonchev–Trinajstić information content (AvgIpc) is 2.61. The number of hydrogen-bond acceptors (Lipinski definition) is 5. The fourth-order valence-corrected chi connectivity index (χ4v) is 2.53. The van der Waals surface area contributed by atoms with Crippen molar-refractivity contribution in [1.29, 1.82) is 0 Å². The van der Waals surface area contributed by atoms with Crippen LogP contribution in [0.3, 0.4) is 0 Å². The number of rotatable bonds is 8. The summed E-state index contributed by atoms with van der Waals surface area (Å²) < 4.78 is 34.9. The van der Waals surface area contributed by atoms with E-state index < -0.39 is 17.6 Å². The molecular weight excluding hydrogens is 364 g/mol. The van der Waals surface area contributed by atoms with E-state index >= 15 is 0 Å². The zero-order valence-corrected chi connectivity index (χ0v) is 14.7. The highest BCUT2D eigenvalue weighted by Crippen LogP contribution is 2.26. The zero-order valence-electron chi connectivity index (χ0n) is 13.9. The Balaban J connectivity index is 1.92. The summed E-state index contributed by atoms with van der Waals surface area (Å²) in [4.78, 5) is 24.2. The van der Waals surface area contributed by atoms with Crippen LogP contribution in [0.2, 0.25) is 0 Å². The molecule has 0 aliphatic carbocycles. The third-order valence-electron chi connectivity index (χ3n) is 3.10. The molecule has 2 rings (SSSR count). The third kappa shape index (κ3) is 6.03. The van der Waals surface area contributed by atoms with E-state index in [2.05, 4.69) is 5.32 Å². The molecule has 0 atom stereocenters. The third-order valence-corrected chi connectivity index (χ3v) is 3.83. The number of carbonyl (C=O) groups is 2. The average molecular weight is 381 g/mol. The SMILES string of the molecule is CCOC(=O)c1ccccc1OCC(=O)Nc1ccc(SC(F)F)cc1. The lowest BCUT2D eigenvalue weighted by Gasteiger charge is -2.11. The minimum Gasteiger partial charge on any atom is -0.483 e. The number of hydrogen-bond donors (Lipinski definition) is 1. The van der Waals surface area contributed by atoms with Crippen LogP contribution >= 0.6 is 11.8 Å². The van der Waals surface area contributed by atoms with E-state index in [0.29, 0.717) is 22.3 Å². The van der Waals surface area contributed by atoms with Gasteiger partial charge in [0.2, 0.25) is 0 Å². The number of para-hydroxylation sites is 1. The fourth-order valence-electron chi connectivity index (χ4n) is 2.03. The molecule has 0 radical (unpaired) electrons. The quantitative estimate of drug-likeness (QED) is 0.549. The lowest BCUT2D eigenvalue weighted by Crippen LogP contribution is -2.21. The molecule has 0 saturated carbocycles. The summed E-state index contributed by atoms with van der Waals surface area (Å²) in [7, 11) is 0. The zero-order chi connectivity index (χ0) is 18.9. The number of thioether (sulfide) groups is 1. The monoisotopic (exact) mass is 381 g/mol. The number of amides is 1. The van der Waals surface area contributed by atoms with Gasteiger partial charge < -0.3 is 14.8 Å². The normalized spacial score (nSPS) is 10.5. The Morgan fingerprint density at radius 1 is 1.12 bits per heavy atom. The summed E-state index contributed by atoms with van der Waals surface area (Å²) in [5, 5.41) is 2.59. The second kappa shape index (κ2) is 9.76. The molecule has 26 heavy (non-hydrogen) atoms. The number of benzene rings is 2. The maximum atomic E-state index is 12.3. The predicted molar refractivity (Wildman–Crippen MR) is 94.8 cm³/mol. The van der Waals surface area contributed by atoms with Crippen molar-refractivity contribution in [3.05, 3.63) is 54.1 Å². The molecule has 0 heterocycles. The molecule has 0 aromatic heterocycles. The van der Waals surface area contributed by atoms with Crippen molar-refractivity contribution in [2.45, 2.75) is 17.6 Å². The Hall–Kier alpha value is -2.61. The maximum absolute atomic E-state index is 12.3. The van der Waals surface area contributed by atoms with Crippen LogP contribution in [0.15, 0.2) is 53.4 Å². The van der Waals surface area contributed by atoms with Gasteiger partial charge in [0.1, 0.15) is 11.3 Å². The molecule has 2 aromatic rings. The smallest absolute Gasteiger partial charge is 0.341 e. The lowest BCUT2D eigenvalue weighted by atomic mass is 10.2. The first-order chi connectivity index (χ1) is 12.5.